The van der Waals surface area contributed by atoms with E-state index >= 15 is 0 Å². The Bertz CT molecular complexity index is 648. The zero-order valence-corrected chi connectivity index (χ0v) is 12.6. The number of benzene rings is 1. The Labute approximate surface area is 127 Å². The lowest BCUT2D eigenvalue weighted by atomic mass is 10.1. The van der Waals surface area contributed by atoms with E-state index in [4.69, 9.17) is 5.11 Å². The molecule has 21 heavy (non-hydrogen) atoms. The minimum atomic E-state index is -0.824. The van der Waals surface area contributed by atoms with Crippen molar-refractivity contribution in [1.82, 2.24) is 0 Å². The number of anilines is 1. The van der Waals surface area contributed by atoms with Crippen molar-refractivity contribution in [3.8, 4) is 0 Å². The summed E-state index contributed by atoms with van der Waals surface area (Å²) >= 11 is 1.43. The number of carboxylic acids is 1. The summed E-state index contributed by atoms with van der Waals surface area (Å²) in [6.07, 6.45) is 1.37. The van der Waals surface area contributed by atoms with E-state index in [0.717, 1.165) is 22.4 Å². The summed E-state index contributed by atoms with van der Waals surface area (Å²) in [5.41, 5.74) is 2.63. The minimum absolute atomic E-state index is 0.0856. The molecule has 0 saturated heterocycles. The van der Waals surface area contributed by atoms with Gasteiger partial charge < -0.3 is 10.4 Å². The number of aryl methyl sites for hydroxylation is 2. The van der Waals surface area contributed by atoms with Gasteiger partial charge in [0.1, 0.15) is 0 Å². The molecule has 5 heteroatoms. The van der Waals surface area contributed by atoms with Crippen molar-refractivity contribution in [2.24, 2.45) is 0 Å². The molecule has 2 N–H and O–H groups in total. The van der Waals surface area contributed by atoms with E-state index in [0.29, 0.717) is 12.1 Å². The Morgan fingerprint density at radius 1 is 1.29 bits per heavy atom. The van der Waals surface area contributed by atoms with Crippen molar-refractivity contribution in [3.05, 3.63) is 51.7 Å². The van der Waals surface area contributed by atoms with Crippen LogP contribution in [0, 0.1) is 0 Å². The van der Waals surface area contributed by atoms with Gasteiger partial charge in [0.25, 0.3) is 5.91 Å². The molecule has 1 amide bonds. The van der Waals surface area contributed by atoms with Crippen LogP contribution in [0.5, 0.6) is 0 Å². The van der Waals surface area contributed by atoms with Crippen LogP contribution in [-0.4, -0.2) is 17.0 Å². The van der Waals surface area contributed by atoms with Gasteiger partial charge in [-0.2, -0.15) is 0 Å². The number of amides is 1. The third kappa shape index (κ3) is 4.16. The molecule has 0 saturated carbocycles. The second-order valence-electron chi connectivity index (χ2n) is 4.68. The van der Waals surface area contributed by atoms with E-state index < -0.39 is 5.97 Å². The molecule has 0 aliphatic rings. The number of carbonyl (C=O) groups is 2. The molecule has 1 aromatic heterocycles. The van der Waals surface area contributed by atoms with Gasteiger partial charge in [0, 0.05) is 12.1 Å². The lowest BCUT2D eigenvalue weighted by Gasteiger charge is -2.07. The summed E-state index contributed by atoms with van der Waals surface area (Å²) in [6.45, 7) is 2.02. The fraction of sp³-hybridized carbons (Fsp3) is 0.250. The lowest BCUT2D eigenvalue weighted by molar-refractivity contribution is -0.136. The maximum absolute atomic E-state index is 12.2. The highest BCUT2D eigenvalue weighted by atomic mass is 32.1. The first-order valence-electron chi connectivity index (χ1n) is 6.78. The van der Waals surface area contributed by atoms with E-state index in [1.165, 1.54) is 11.3 Å². The van der Waals surface area contributed by atoms with E-state index in [1.807, 2.05) is 36.6 Å². The highest BCUT2D eigenvalue weighted by Crippen LogP contribution is 2.20. The van der Waals surface area contributed by atoms with Gasteiger partial charge in [0.15, 0.2) is 0 Å². The fourth-order valence-electron chi connectivity index (χ4n) is 2.06. The first-order valence-corrected chi connectivity index (χ1v) is 7.66. The van der Waals surface area contributed by atoms with Crippen LogP contribution in [0.4, 0.5) is 5.69 Å². The Kier molecular flexibility index (Phi) is 5.11. The molecule has 0 atom stereocenters. The van der Waals surface area contributed by atoms with Gasteiger partial charge in [-0.3, -0.25) is 9.59 Å². The molecule has 0 bridgehead atoms. The van der Waals surface area contributed by atoms with Crippen LogP contribution in [0.3, 0.4) is 0 Å². The largest absolute Gasteiger partial charge is 0.481 e. The third-order valence-electron chi connectivity index (χ3n) is 3.15. The quantitative estimate of drug-likeness (QED) is 0.857. The first-order chi connectivity index (χ1) is 10.1. The molecule has 1 aromatic carbocycles. The van der Waals surface area contributed by atoms with Gasteiger partial charge in [-0.15, -0.1) is 11.3 Å². The van der Waals surface area contributed by atoms with Gasteiger partial charge in [0.05, 0.1) is 4.88 Å². The zero-order chi connectivity index (χ0) is 15.2. The molecule has 2 rings (SSSR count). The number of nitrogens with one attached hydrogen (secondary N) is 1. The second kappa shape index (κ2) is 7.04. The van der Waals surface area contributed by atoms with Crippen LogP contribution in [0.15, 0.2) is 35.7 Å². The van der Waals surface area contributed by atoms with Crippen molar-refractivity contribution in [1.29, 1.82) is 0 Å². The summed E-state index contributed by atoms with van der Waals surface area (Å²) in [6, 6.07) is 9.27. The Hall–Kier alpha value is -2.14. The molecule has 0 fully saturated rings. The average Bonchev–Trinajstić information content (AvgIpc) is 2.94. The number of aliphatic carboxylic acids is 1. The zero-order valence-electron chi connectivity index (χ0n) is 11.8. The molecular formula is C16H17NO3S. The molecule has 0 aliphatic carbocycles. The lowest BCUT2D eigenvalue weighted by Crippen LogP contribution is -2.12. The van der Waals surface area contributed by atoms with Crippen LogP contribution < -0.4 is 5.32 Å². The summed E-state index contributed by atoms with van der Waals surface area (Å²) in [7, 11) is 0. The summed E-state index contributed by atoms with van der Waals surface area (Å²) in [5.74, 6) is -0.937. The van der Waals surface area contributed by atoms with Crippen LogP contribution in [0.2, 0.25) is 0 Å². The average molecular weight is 303 g/mol. The maximum atomic E-state index is 12.2. The Balaban J connectivity index is 2.07. The number of rotatable bonds is 6. The van der Waals surface area contributed by atoms with Gasteiger partial charge >= 0.3 is 5.97 Å². The number of carboxylic acid groups (broad SMARTS) is 1. The van der Waals surface area contributed by atoms with Crippen LogP contribution in [0.25, 0.3) is 0 Å². The number of carbonyl (C=O) groups excluding carboxylic acids is 1. The van der Waals surface area contributed by atoms with E-state index in [1.54, 1.807) is 6.07 Å². The van der Waals surface area contributed by atoms with Crippen molar-refractivity contribution in [2.45, 2.75) is 26.2 Å². The normalized spacial score (nSPS) is 10.3. The topological polar surface area (TPSA) is 66.4 Å². The van der Waals surface area contributed by atoms with Crippen LogP contribution in [0.1, 0.15) is 34.1 Å². The van der Waals surface area contributed by atoms with Crippen molar-refractivity contribution in [3.63, 3.8) is 0 Å². The molecule has 0 spiro atoms. The van der Waals surface area contributed by atoms with Crippen molar-refractivity contribution < 1.29 is 14.7 Å². The second-order valence-corrected chi connectivity index (χ2v) is 5.59. The molecule has 110 valence electrons. The Morgan fingerprint density at radius 3 is 2.81 bits per heavy atom. The molecule has 2 aromatic rings. The minimum Gasteiger partial charge on any atom is -0.481 e. The summed E-state index contributed by atoms with van der Waals surface area (Å²) in [4.78, 5) is 23.6. The SMILES string of the molecule is CCc1ccsc1C(=O)Nc1cccc(CCC(=O)O)c1. The number of hydrogen-bond acceptors (Lipinski definition) is 3. The molecule has 0 radical (unpaired) electrons. The van der Waals surface area contributed by atoms with Crippen molar-refractivity contribution >= 4 is 28.9 Å². The molecule has 1 heterocycles. The standard InChI is InChI=1S/C16H17NO3S/c1-2-12-8-9-21-15(12)16(20)17-13-5-3-4-11(10-13)6-7-14(18)19/h3-5,8-10H,2,6-7H2,1H3,(H,17,20)(H,18,19). The van der Waals surface area contributed by atoms with Gasteiger partial charge in [-0.1, -0.05) is 19.1 Å². The third-order valence-corrected chi connectivity index (χ3v) is 4.10. The smallest absolute Gasteiger partial charge is 0.303 e. The molecule has 4 nitrogen and oxygen atoms in total. The monoisotopic (exact) mass is 303 g/mol. The van der Waals surface area contributed by atoms with Gasteiger partial charge in [-0.25, -0.2) is 0 Å². The molecular weight excluding hydrogens is 286 g/mol. The Morgan fingerprint density at radius 2 is 2.10 bits per heavy atom. The highest BCUT2D eigenvalue weighted by molar-refractivity contribution is 7.12. The predicted molar refractivity (Wildman–Crippen MR) is 84.0 cm³/mol. The predicted octanol–water partition coefficient (Wildman–Crippen LogP) is 3.58. The maximum Gasteiger partial charge on any atom is 0.303 e. The summed E-state index contributed by atoms with van der Waals surface area (Å²) in [5, 5.41) is 13.5. The van der Waals surface area contributed by atoms with Crippen LogP contribution >= 0.6 is 11.3 Å². The highest BCUT2D eigenvalue weighted by Gasteiger charge is 2.12. The molecule has 0 unspecified atom stereocenters. The fourth-order valence-corrected chi connectivity index (χ4v) is 2.95. The van der Waals surface area contributed by atoms with E-state index in [9.17, 15) is 9.59 Å². The van der Waals surface area contributed by atoms with Gasteiger partial charge in [-0.05, 0) is 47.5 Å². The number of hydrogen-bond donors (Lipinski definition) is 2. The van der Waals surface area contributed by atoms with E-state index in [-0.39, 0.29) is 12.3 Å². The van der Waals surface area contributed by atoms with Crippen LogP contribution in [-0.2, 0) is 17.6 Å². The first kappa shape index (κ1) is 15.3. The van der Waals surface area contributed by atoms with Crippen molar-refractivity contribution in [2.75, 3.05) is 5.32 Å². The number of thiophene rings is 1. The van der Waals surface area contributed by atoms with E-state index in [2.05, 4.69) is 5.32 Å². The van der Waals surface area contributed by atoms with Gasteiger partial charge in [0.2, 0.25) is 0 Å². The summed E-state index contributed by atoms with van der Waals surface area (Å²) < 4.78 is 0. The molecule has 0 aliphatic heterocycles.